The summed E-state index contributed by atoms with van der Waals surface area (Å²) < 4.78 is 4.73. The van der Waals surface area contributed by atoms with Crippen LogP contribution in [0.25, 0.3) is 0 Å². The number of methoxy groups -OCH3 is 1. The Balaban J connectivity index is 2.54. The predicted octanol–water partition coefficient (Wildman–Crippen LogP) is 1.50. The van der Waals surface area contributed by atoms with Gasteiger partial charge in [-0.05, 0) is 12.1 Å². The molecule has 0 saturated heterocycles. The molecule has 1 heterocycles. The summed E-state index contributed by atoms with van der Waals surface area (Å²) in [7, 11) is 3.23. The molecule has 1 unspecified atom stereocenters. The third-order valence-corrected chi connectivity index (χ3v) is 3.10. The molecule has 1 aliphatic rings. The highest BCUT2D eigenvalue weighted by Crippen LogP contribution is 2.32. The third-order valence-electron chi connectivity index (χ3n) is 3.10. The molecule has 0 spiro atoms. The van der Waals surface area contributed by atoms with Crippen molar-refractivity contribution in [1.82, 2.24) is 0 Å². The number of nitrogens with zero attached hydrogens (tertiary/aromatic N) is 1. The number of carbonyl (C=O) groups excluding carboxylic acids is 2. The number of nitrogens with one attached hydrogen (secondary N) is 1. The van der Waals surface area contributed by atoms with Crippen molar-refractivity contribution >= 4 is 23.3 Å². The zero-order chi connectivity index (χ0) is 13.3. The number of esters is 1. The second kappa shape index (κ2) is 4.68. The van der Waals surface area contributed by atoms with Crippen LogP contribution in [0.2, 0.25) is 0 Å². The molecule has 18 heavy (non-hydrogen) atoms. The first-order valence-corrected chi connectivity index (χ1v) is 5.78. The lowest BCUT2D eigenvalue weighted by Crippen LogP contribution is -2.27. The molecule has 1 amide bonds. The van der Waals surface area contributed by atoms with Gasteiger partial charge in [0.1, 0.15) is 0 Å². The van der Waals surface area contributed by atoms with Gasteiger partial charge in [0.15, 0.2) is 0 Å². The third kappa shape index (κ3) is 2.03. The van der Waals surface area contributed by atoms with Gasteiger partial charge in [0.2, 0.25) is 5.91 Å². The topological polar surface area (TPSA) is 58.6 Å². The van der Waals surface area contributed by atoms with Crippen LogP contribution in [0, 0.1) is 5.92 Å². The summed E-state index contributed by atoms with van der Waals surface area (Å²) in [6.45, 7) is 2.47. The van der Waals surface area contributed by atoms with E-state index < -0.39 is 5.97 Å². The number of anilines is 2. The Morgan fingerprint density at radius 2 is 2.22 bits per heavy atom. The van der Waals surface area contributed by atoms with E-state index >= 15 is 0 Å². The summed E-state index contributed by atoms with van der Waals surface area (Å²) in [6.07, 6.45) is 0. The maximum absolute atomic E-state index is 11.9. The van der Waals surface area contributed by atoms with Crippen LogP contribution >= 0.6 is 0 Å². The van der Waals surface area contributed by atoms with Gasteiger partial charge in [-0.25, -0.2) is 4.79 Å². The smallest absolute Gasteiger partial charge is 0.340 e. The standard InChI is InChI=1S/C13H16N2O3/c1-8-7-15(2)10-6-4-5-9(13(17)18-3)11(10)14-12(8)16/h4-6,8H,7H2,1-3H3,(H,14,16). The number of ether oxygens (including phenoxy) is 1. The van der Waals surface area contributed by atoms with Gasteiger partial charge in [-0.1, -0.05) is 13.0 Å². The molecule has 0 radical (unpaired) electrons. The van der Waals surface area contributed by atoms with E-state index in [9.17, 15) is 9.59 Å². The number of rotatable bonds is 1. The lowest BCUT2D eigenvalue weighted by molar-refractivity contribution is -0.119. The molecular formula is C13H16N2O3. The summed E-state index contributed by atoms with van der Waals surface area (Å²) in [4.78, 5) is 25.6. The maximum atomic E-state index is 11.9. The molecule has 0 aromatic heterocycles. The van der Waals surface area contributed by atoms with Crippen molar-refractivity contribution in [3.63, 3.8) is 0 Å². The Morgan fingerprint density at radius 3 is 2.89 bits per heavy atom. The van der Waals surface area contributed by atoms with Crippen LogP contribution in [0.5, 0.6) is 0 Å². The van der Waals surface area contributed by atoms with Crippen molar-refractivity contribution in [3.05, 3.63) is 23.8 Å². The molecule has 5 nitrogen and oxygen atoms in total. The molecule has 1 atom stereocenters. The van der Waals surface area contributed by atoms with Crippen molar-refractivity contribution in [3.8, 4) is 0 Å². The van der Waals surface area contributed by atoms with Crippen molar-refractivity contribution in [2.45, 2.75) is 6.92 Å². The maximum Gasteiger partial charge on any atom is 0.340 e. The molecule has 1 aromatic rings. The number of benzene rings is 1. The van der Waals surface area contributed by atoms with Gasteiger partial charge in [-0.15, -0.1) is 0 Å². The van der Waals surface area contributed by atoms with Gasteiger partial charge in [0, 0.05) is 13.6 Å². The zero-order valence-corrected chi connectivity index (χ0v) is 10.7. The van der Waals surface area contributed by atoms with E-state index in [4.69, 9.17) is 4.74 Å². The number of hydrogen-bond donors (Lipinski definition) is 1. The fourth-order valence-electron chi connectivity index (χ4n) is 2.11. The minimum absolute atomic E-state index is 0.0862. The van der Waals surface area contributed by atoms with E-state index in [1.165, 1.54) is 7.11 Å². The van der Waals surface area contributed by atoms with Crippen LogP contribution in [-0.2, 0) is 9.53 Å². The Morgan fingerprint density at radius 1 is 1.50 bits per heavy atom. The van der Waals surface area contributed by atoms with E-state index in [1.54, 1.807) is 12.1 Å². The van der Waals surface area contributed by atoms with Crippen molar-refractivity contribution in [2.24, 2.45) is 5.92 Å². The fourth-order valence-corrected chi connectivity index (χ4v) is 2.11. The zero-order valence-electron chi connectivity index (χ0n) is 10.7. The fraction of sp³-hybridized carbons (Fsp3) is 0.385. The highest BCUT2D eigenvalue weighted by molar-refractivity contribution is 6.06. The van der Waals surface area contributed by atoms with Crippen LogP contribution in [0.4, 0.5) is 11.4 Å². The largest absolute Gasteiger partial charge is 0.465 e. The highest BCUT2D eigenvalue weighted by atomic mass is 16.5. The van der Waals surface area contributed by atoms with Crippen LogP contribution < -0.4 is 10.2 Å². The molecule has 1 aromatic carbocycles. The molecule has 0 saturated carbocycles. The number of para-hydroxylation sites is 1. The van der Waals surface area contributed by atoms with Gasteiger partial charge in [-0.2, -0.15) is 0 Å². The molecule has 2 rings (SSSR count). The second-order valence-electron chi connectivity index (χ2n) is 4.46. The molecule has 0 aliphatic carbocycles. The lowest BCUT2D eigenvalue weighted by Gasteiger charge is -2.20. The van der Waals surface area contributed by atoms with Gasteiger partial charge >= 0.3 is 5.97 Å². The van der Waals surface area contributed by atoms with Gasteiger partial charge in [0.05, 0.1) is 30.0 Å². The Labute approximate surface area is 106 Å². The van der Waals surface area contributed by atoms with Gasteiger partial charge in [0.25, 0.3) is 0 Å². The number of carbonyl (C=O) groups is 2. The summed E-state index contributed by atoms with van der Waals surface area (Å²) in [6, 6.07) is 5.30. The summed E-state index contributed by atoms with van der Waals surface area (Å²) in [5.41, 5.74) is 1.74. The van der Waals surface area contributed by atoms with E-state index in [1.807, 2.05) is 24.9 Å². The lowest BCUT2D eigenvalue weighted by atomic mass is 10.1. The minimum Gasteiger partial charge on any atom is -0.465 e. The van der Waals surface area contributed by atoms with Crippen molar-refractivity contribution in [2.75, 3.05) is 30.9 Å². The molecule has 1 aliphatic heterocycles. The second-order valence-corrected chi connectivity index (χ2v) is 4.46. The summed E-state index contributed by atoms with van der Waals surface area (Å²) in [5.74, 6) is -0.667. The van der Waals surface area contributed by atoms with Crippen LogP contribution in [0.3, 0.4) is 0 Å². The van der Waals surface area contributed by atoms with Gasteiger partial charge < -0.3 is 15.0 Å². The Hall–Kier alpha value is -2.04. The minimum atomic E-state index is -0.449. The van der Waals surface area contributed by atoms with E-state index in [-0.39, 0.29) is 11.8 Å². The average molecular weight is 248 g/mol. The van der Waals surface area contributed by atoms with Crippen LogP contribution in [0.1, 0.15) is 17.3 Å². The number of hydrogen-bond acceptors (Lipinski definition) is 4. The molecule has 5 heteroatoms. The van der Waals surface area contributed by atoms with Crippen molar-refractivity contribution < 1.29 is 14.3 Å². The predicted molar refractivity (Wildman–Crippen MR) is 68.8 cm³/mol. The number of amides is 1. The monoisotopic (exact) mass is 248 g/mol. The Bertz CT molecular complexity index is 499. The first-order valence-electron chi connectivity index (χ1n) is 5.78. The molecule has 0 fully saturated rings. The normalized spacial score (nSPS) is 18.7. The SMILES string of the molecule is COC(=O)c1cccc2c1NC(=O)C(C)CN2C. The molecular weight excluding hydrogens is 232 g/mol. The van der Waals surface area contributed by atoms with E-state index in [0.29, 0.717) is 17.8 Å². The van der Waals surface area contributed by atoms with Crippen LogP contribution in [0.15, 0.2) is 18.2 Å². The molecule has 0 bridgehead atoms. The summed E-state index contributed by atoms with van der Waals surface area (Å²) >= 11 is 0. The van der Waals surface area contributed by atoms with E-state index in [0.717, 1.165) is 5.69 Å². The highest BCUT2D eigenvalue weighted by Gasteiger charge is 2.26. The summed E-state index contributed by atoms with van der Waals surface area (Å²) in [5, 5.41) is 2.80. The quantitative estimate of drug-likeness (QED) is 0.765. The van der Waals surface area contributed by atoms with Gasteiger partial charge in [-0.3, -0.25) is 4.79 Å². The van der Waals surface area contributed by atoms with Crippen LogP contribution in [-0.4, -0.2) is 32.6 Å². The first kappa shape index (κ1) is 12.4. The molecule has 96 valence electrons. The van der Waals surface area contributed by atoms with E-state index in [2.05, 4.69) is 5.32 Å². The number of fused-ring (bicyclic) bond motifs is 1. The van der Waals surface area contributed by atoms with Crippen molar-refractivity contribution in [1.29, 1.82) is 0 Å². The Kier molecular flexibility index (Phi) is 3.23. The first-order chi connectivity index (χ1) is 8.54. The molecule has 1 N–H and O–H groups in total. The average Bonchev–Trinajstić information content (AvgIpc) is 2.47.